The second kappa shape index (κ2) is 9.13. The minimum atomic E-state index is -0.608. The summed E-state index contributed by atoms with van der Waals surface area (Å²) in [5.41, 5.74) is 0. The molecule has 0 amide bonds. The quantitative estimate of drug-likeness (QED) is 0.430. The zero-order valence-electron chi connectivity index (χ0n) is 13.9. The molecule has 2 aliphatic carbocycles. The van der Waals surface area contributed by atoms with Crippen LogP contribution in [0.2, 0.25) is 0 Å². The van der Waals surface area contributed by atoms with E-state index in [1.165, 1.54) is 44.6 Å². The molecule has 0 radical (unpaired) electrons. The van der Waals surface area contributed by atoms with Crippen molar-refractivity contribution in [1.29, 1.82) is 5.26 Å². The maximum absolute atomic E-state index is 13.0. The van der Waals surface area contributed by atoms with Crippen molar-refractivity contribution in [2.45, 2.75) is 71.1 Å². The first-order chi connectivity index (χ1) is 10.7. The molecular formula is C20H30FN. The molecule has 2 saturated carbocycles. The zero-order valence-corrected chi connectivity index (χ0v) is 13.9. The second-order valence-corrected chi connectivity index (χ2v) is 7.26. The Morgan fingerprint density at radius 2 is 1.45 bits per heavy atom. The zero-order chi connectivity index (χ0) is 15.8. The summed E-state index contributed by atoms with van der Waals surface area (Å²) >= 11 is 0. The van der Waals surface area contributed by atoms with Gasteiger partial charge in [0.05, 0.1) is 0 Å². The van der Waals surface area contributed by atoms with Crippen molar-refractivity contribution < 1.29 is 4.39 Å². The summed E-state index contributed by atoms with van der Waals surface area (Å²) in [6.45, 7) is 2.29. The van der Waals surface area contributed by atoms with Crippen LogP contribution in [0.15, 0.2) is 24.1 Å². The predicted octanol–water partition coefficient (Wildman–Crippen LogP) is 6.33. The first-order valence-electron chi connectivity index (χ1n) is 9.17. The molecule has 0 bridgehead atoms. The lowest BCUT2D eigenvalue weighted by Crippen LogP contribution is -2.14. The van der Waals surface area contributed by atoms with Gasteiger partial charge in [-0.25, -0.2) is 0 Å². The lowest BCUT2D eigenvalue weighted by molar-refractivity contribution is 0.292. The number of nitrogens with zero attached hydrogens (tertiary/aromatic N) is 1. The van der Waals surface area contributed by atoms with Crippen molar-refractivity contribution in [3.63, 3.8) is 0 Å². The molecule has 22 heavy (non-hydrogen) atoms. The Bertz CT molecular complexity index is 415. The Kier molecular flexibility index (Phi) is 7.16. The van der Waals surface area contributed by atoms with Gasteiger partial charge in [0.2, 0.25) is 0 Å². The van der Waals surface area contributed by atoms with Gasteiger partial charge in [0.25, 0.3) is 0 Å². The van der Waals surface area contributed by atoms with Crippen molar-refractivity contribution >= 4 is 0 Å². The maximum atomic E-state index is 13.0. The molecular weight excluding hydrogens is 273 g/mol. The lowest BCUT2D eigenvalue weighted by Gasteiger charge is -2.28. The molecule has 0 aliphatic heterocycles. The third-order valence-electron chi connectivity index (χ3n) is 5.55. The van der Waals surface area contributed by atoms with Crippen molar-refractivity contribution in [1.82, 2.24) is 0 Å². The smallest absolute Gasteiger partial charge is 0.195 e. The van der Waals surface area contributed by atoms with E-state index < -0.39 is 5.83 Å². The highest BCUT2D eigenvalue weighted by molar-refractivity contribution is 5.13. The number of allylic oxidation sites excluding steroid dienone is 4. The third kappa shape index (κ3) is 5.59. The van der Waals surface area contributed by atoms with Crippen LogP contribution in [0, 0.1) is 35.0 Å². The van der Waals surface area contributed by atoms with Gasteiger partial charge in [-0.15, -0.1) is 0 Å². The minimum Gasteiger partial charge on any atom is -0.195 e. The topological polar surface area (TPSA) is 23.8 Å². The molecule has 0 spiro atoms. The number of hydrogen-bond donors (Lipinski definition) is 0. The molecule has 0 aromatic rings. The molecule has 0 atom stereocenters. The summed E-state index contributed by atoms with van der Waals surface area (Å²) in [6.07, 6.45) is 19.0. The number of hydrogen-bond acceptors (Lipinski definition) is 1. The molecule has 0 N–H and O–H groups in total. The van der Waals surface area contributed by atoms with Gasteiger partial charge in [-0.05, 0) is 81.1 Å². The SMILES string of the molecule is CCCC1CCC(/C=C/C2CCC(C=C(F)C#N)CC2)CC1. The molecule has 0 saturated heterocycles. The minimum absolute atomic E-state index is 0.272. The molecule has 0 aromatic heterocycles. The van der Waals surface area contributed by atoms with Crippen LogP contribution in [0.1, 0.15) is 71.1 Å². The molecule has 1 nitrogen and oxygen atoms in total. The first-order valence-corrected chi connectivity index (χ1v) is 9.17. The van der Waals surface area contributed by atoms with Gasteiger partial charge < -0.3 is 0 Å². The monoisotopic (exact) mass is 303 g/mol. The van der Waals surface area contributed by atoms with E-state index in [1.54, 1.807) is 6.07 Å². The van der Waals surface area contributed by atoms with Gasteiger partial charge in [-0.3, -0.25) is 0 Å². The fourth-order valence-electron chi connectivity index (χ4n) is 4.14. The van der Waals surface area contributed by atoms with E-state index >= 15 is 0 Å². The summed E-state index contributed by atoms with van der Waals surface area (Å²) in [7, 11) is 0. The van der Waals surface area contributed by atoms with Crippen LogP contribution in [0.3, 0.4) is 0 Å². The van der Waals surface area contributed by atoms with Gasteiger partial charge in [0.15, 0.2) is 5.83 Å². The molecule has 2 rings (SSSR count). The van der Waals surface area contributed by atoms with Crippen LogP contribution in [0.25, 0.3) is 0 Å². The molecule has 2 fully saturated rings. The standard InChI is InChI=1S/C20H30FN/c1-2-3-16-4-6-17(7-5-16)8-9-18-10-12-19(13-11-18)14-20(21)15-22/h8-9,14,16-19H,2-7,10-13H2,1H3/b9-8+,20-14?. The molecule has 0 aromatic carbocycles. The lowest BCUT2D eigenvalue weighted by atomic mass is 9.78. The fraction of sp³-hybridized carbons (Fsp3) is 0.750. The second-order valence-electron chi connectivity index (χ2n) is 7.26. The predicted molar refractivity (Wildman–Crippen MR) is 89.7 cm³/mol. The van der Waals surface area contributed by atoms with E-state index in [0.29, 0.717) is 5.92 Å². The van der Waals surface area contributed by atoms with Crippen LogP contribution in [-0.2, 0) is 0 Å². The van der Waals surface area contributed by atoms with E-state index in [-0.39, 0.29) is 5.92 Å². The molecule has 2 aliphatic rings. The summed E-state index contributed by atoms with van der Waals surface area (Å²) < 4.78 is 13.0. The summed E-state index contributed by atoms with van der Waals surface area (Å²) in [5, 5.41) is 8.49. The average molecular weight is 303 g/mol. The Morgan fingerprint density at radius 3 is 1.95 bits per heavy atom. The molecule has 2 heteroatoms. The van der Waals surface area contributed by atoms with Crippen LogP contribution >= 0.6 is 0 Å². The summed E-state index contributed by atoms with van der Waals surface area (Å²) in [4.78, 5) is 0. The Hall–Kier alpha value is -1.10. The van der Waals surface area contributed by atoms with Gasteiger partial charge in [0.1, 0.15) is 6.07 Å². The summed E-state index contributed by atoms with van der Waals surface area (Å²) in [6, 6.07) is 1.58. The maximum Gasteiger partial charge on any atom is 0.196 e. The van der Waals surface area contributed by atoms with Gasteiger partial charge in [-0.1, -0.05) is 31.9 Å². The average Bonchev–Trinajstić information content (AvgIpc) is 2.56. The number of rotatable bonds is 5. The highest BCUT2D eigenvalue weighted by Gasteiger charge is 2.21. The van der Waals surface area contributed by atoms with Gasteiger partial charge in [-0.2, -0.15) is 9.65 Å². The Balaban J connectivity index is 1.69. The van der Waals surface area contributed by atoms with Crippen molar-refractivity contribution in [3.05, 3.63) is 24.1 Å². The van der Waals surface area contributed by atoms with E-state index in [2.05, 4.69) is 19.1 Å². The van der Waals surface area contributed by atoms with Crippen LogP contribution in [0.4, 0.5) is 4.39 Å². The van der Waals surface area contributed by atoms with E-state index in [0.717, 1.165) is 37.5 Å². The largest absolute Gasteiger partial charge is 0.196 e. The van der Waals surface area contributed by atoms with Crippen LogP contribution in [-0.4, -0.2) is 0 Å². The normalized spacial score (nSPS) is 33.8. The molecule has 0 unspecified atom stereocenters. The van der Waals surface area contributed by atoms with E-state index in [1.807, 2.05) is 0 Å². The van der Waals surface area contributed by atoms with Crippen LogP contribution in [0.5, 0.6) is 0 Å². The van der Waals surface area contributed by atoms with Crippen molar-refractivity contribution in [3.8, 4) is 6.07 Å². The van der Waals surface area contributed by atoms with Gasteiger partial charge >= 0.3 is 0 Å². The third-order valence-corrected chi connectivity index (χ3v) is 5.55. The Morgan fingerprint density at radius 1 is 0.955 bits per heavy atom. The number of halogens is 1. The molecule has 122 valence electrons. The highest BCUT2D eigenvalue weighted by atomic mass is 19.1. The van der Waals surface area contributed by atoms with E-state index in [4.69, 9.17) is 5.26 Å². The Labute approximate surface area is 135 Å². The highest BCUT2D eigenvalue weighted by Crippen LogP contribution is 2.34. The van der Waals surface area contributed by atoms with Crippen molar-refractivity contribution in [2.24, 2.45) is 23.7 Å². The van der Waals surface area contributed by atoms with Gasteiger partial charge in [0, 0.05) is 0 Å². The van der Waals surface area contributed by atoms with Crippen LogP contribution < -0.4 is 0 Å². The fourth-order valence-corrected chi connectivity index (χ4v) is 4.14. The first kappa shape index (κ1) is 17.3. The summed E-state index contributed by atoms with van der Waals surface area (Å²) in [5.74, 6) is 2.11. The van der Waals surface area contributed by atoms with Crippen molar-refractivity contribution in [2.75, 3.05) is 0 Å². The molecule has 0 heterocycles. The number of nitriles is 1. The van der Waals surface area contributed by atoms with E-state index in [9.17, 15) is 4.39 Å².